The second kappa shape index (κ2) is 9.61. The lowest BCUT2D eigenvalue weighted by Gasteiger charge is -2.21. The number of nitrogens with one attached hydrogen (secondary N) is 1. The zero-order chi connectivity index (χ0) is 14.3. The number of hydrogen-bond donors (Lipinski definition) is 1. The minimum atomic E-state index is -0.00558. The maximum Gasteiger partial charge on any atom is 0.226 e. The zero-order valence-corrected chi connectivity index (χ0v) is 13.5. The average Bonchev–Trinajstić information content (AvgIpc) is 2.38. The van der Waals surface area contributed by atoms with Gasteiger partial charge < -0.3 is 15.0 Å². The summed E-state index contributed by atoms with van der Waals surface area (Å²) < 4.78 is 5.64. The Hall–Kier alpha value is -1.26. The number of nitrogens with zero attached hydrogens (tertiary/aromatic N) is 1. The fourth-order valence-corrected chi connectivity index (χ4v) is 1.89. The summed E-state index contributed by atoms with van der Waals surface area (Å²) in [7, 11) is 3.67. The number of amides is 1. The third-order valence-corrected chi connectivity index (χ3v) is 2.99. The summed E-state index contributed by atoms with van der Waals surface area (Å²) in [6.45, 7) is 5.76. The Labute approximate surface area is 127 Å². The molecule has 0 spiro atoms. The highest BCUT2D eigenvalue weighted by molar-refractivity contribution is 5.85. The second-order valence-corrected chi connectivity index (χ2v) is 4.88. The summed E-state index contributed by atoms with van der Waals surface area (Å²) in [5.41, 5.74) is 1.17. The van der Waals surface area contributed by atoms with Crippen molar-refractivity contribution >= 4 is 18.3 Å². The molecule has 0 aliphatic rings. The van der Waals surface area contributed by atoms with Gasteiger partial charge in [0.2, 0.25) is 5.91 Å². The average molecular weight is 301 g/mol. The number of aryl methyl sites for hydroxylation is 1. The van der Waals surface area contributed by atoms with Crippen molar-refractivity contribution in [3.8, 4) is 5.75 Å². The van der Waals surface area contributed by atoms with Crippen molar-refractivity contribution in [2.24, 2.45) is 5.92 Å². The van der Waals surface area contributed by atoms with Crippen molar-refractivity contribution in [3.63, 3.8) is 0 Å². The molecule has 114 valence electrons. The number of benzene rings is 1. The Kier molecular flexibility index (Phi) is 9.01. The van der Waals surface area contributed by atoms with Gasteiger partial charge in [-0.05, 0) is 31.7 Å². The number of halogens is 1. The first-order valence-electron chi connectivity index (χ1n) is 6.63. The van der Waals surface area contributed by atoms with Gasteiger partial charge in [0.05, 0.1) is 6.54 Å². The summed E-state index contributed by atoms with van der Waals surface area (Å²) in [6.07, 6.45) is 0. The number of ether oxygens (including phenoxy) is 1. The maximum atomic E-state index is 12.0. The Morgan fingerprint density at radius 1 is 1.45 bits per heavy atom. The highest BCUT2D eigenvalue weighted by atomic mass is 35.5. The smallest absolute Gasteiger partial charge is 0.226 e. The molecule has 0 radical (unpaired) electrons. The molecule has 1 unspecified atom stereocenters. The second-order valence-electron chi connectivity index (χ2n) is 4.88. The van der Waals surface area contributed by atoms with Crippen LogP contribution in [0, 0.1) is 12.8 Å². The first-order chi connectivity index (χ1) is 9.04. The first kappa shape index (κ1) is 18.7. The minimum absolute atomic E-state index is 0. The lowest BCUT2D eigenvalue weighted by Crippen LogP contribution is -2.38. The van der Waals surface area contributed by atoms with E-state index >= 15 is 0 Å². The molecule has 0 saturated heterocycles. The summed E-state index contributed by atoms with van der Waals surface area (Å²) >= 11 is 0. The maximum absolute atomic E-state index is 12.0. The molecule has 0 saturated carbocycles. The third kappa shape index (κ3) is 6.26. The van der Waals surface area contributed by atoms with Crippen molar-refractivity contribution in [1.29, 1.82) is 0 Å². The number of likely N-dealkylation sites (N-methyl/N-ethyl adjacent to an activating group) is 1. The van der Waals surface area contributed by atoms with Crippen LogP contribution in [-0.4, -0.2) is 44.6 Å². The van der Waals surface area contributed by atoms with Crippen LogP contribution in [0.3, 0.4) is 0 Å². The number of carbonyl (C=O) groups is 1. The number of hydrogen-bond acceptors (Lipinski definition) is 3. The molecule has 0 aromatic heterocycles. The fourth-order valence-electron chi connectivity index (χ4n) is 1.89. The van der Waals surface area contributed by atoms with Crippen LogP contribution >= 0.6 is 12.4 Å². The van der Waals surface area contributed by atoms with Gasteiger partial charge in [-0.3, -0.25) is 4.79 Å². The molecule has 20 heavy (non-hydrogen) atoms. The molecule has 1 N–H and O–H groups in total. The van der Waals surface area contributed by atoms with Crippen molar-refractivity contribution < 1.29 is 9.53 Å². The topological polar surface area (TPSA) is 41.6 Å². The molecule has 1 amide bonds. The molecule has 0 bridgehead atoms. The van der Waals surface area contributed by atoms with Gasteiger partial charge in [-0.2, -0.15) is 0 Å². The van der Waals surface area contributed by atoms with Gasteiger partial charge in [-0.15, -0.1) is 12.4 Å². The van der Waals surface area contributed by atoms with E-state index in [9.17, 15) is 4.79 Å². The molecule has 0 aliphatic heterocycles. The van der Waals surface area contributed by atoms with Crippen LogP contribution in [-0.2, 0) is 4.79 Å². The highest BCUT2D eigenvalue weighted by Gasteiger charge is 2.16. The molecule has 4 nitrogen and oxygen atoms in total. The van der Waals surface area contributed by atoms with Gasteiger partial charge in [0.25, 0.3) is 0 Å². The fraction of sp³-hybridized carbons (Fsp3) is 0.533. The van der Waals surface area contributed by atoms with E-state index in [0.29, 0.717) is 19.7 Å². The SMILES string of the molecule is CNCC(C)C(=O)N(C)CCOc1cccc(C)c1.Cl. The quantitative estimate of drug-likeness (QED) is 0.838. The van der Waals surface area contributed by atoms with E-state index in [4.69, 9.17) is 4.74 Å². The van der Waals surface area contributed by atoms with Crippen molar-refractivity contribution in [2.75, 3.05) is 33.8 Å². The molecule has 1 aromatic carbocycles. The van der Waals surface area contributed by atoms with E-state index in [2.05, 4.69) is 5.32 Å². The minimum Gasteiger partial charge on any atom is -0.492 e. The summed E-state index contributed by atoms with van der Waals surface area (Å²) in [4.78, 5) is 13.7. The van der Waals surface area contributed by atoms with E-state index in [1.54, 1.807) is 4.90 Å². The summed E-state index contributed by atoms with van der Waals surface area (Å²) in [5, 5.41) is 3.01. The summed E-state index contributed by atoms with van der Waals surface area (Å²) in [6, 6.07) is 7.92. The monoisotopic (exact) mass is 300 g/mol. The highest BCUT2D eigenvalue weighted by Crippen LogP contribution is 2.12. The van der Waals surface area contributed by atoms with E-state index in [1.807, 2.05) is 52.2 Å². The third-order valence-electron chi connectivity index (χ3n) is 2.99. The van der Waals surface area contributed by atoms with Crippen LogP contribution in [0.25, 0.3) is 0 Å². The molecular weight excluding hydrogens is 276 g/mol. The Morgan fingerprint density at radius 2 is 2.15 bits per heavy atom. The van der Waals surface area contributed by atoms with Crippen molar-refractivity contribution in [1.82, 2.24) is 10.2 Å². The van der Waals surface area contributed by atoms with Crippen LogP contribution in [0.5, 0.6) is 5.75 Å². The number of rotatable bonds is 7. The van der Waals surface area contributed by atoms with Crippen LogP contribution in [0.4, 0.5) is 0 Å². The van der Waals surface area contributed by atoms with Gasteiger partial charge in [-0.25, -0.2) is 0 Å². The molecule has 1 rings (SSSR count). The Bertz CT molecular complexity index is 413. The predicted molar refractivity (Wildman–Crippen MR) is 84.6 cm³/mol. The van der Waals surface area contributed by atoms with Gasteiger partial charge >= 0.3 is 0 Å². The molecule has 0 fully saturated rings. The van der Waals surface area contributed by atoms with E-state index in [0.717, 1.165) is 5.75 Å². The van der Waals surface area contributed by atoms with Crippen LogP contribution in [0.15, 0.2) is 24.3 Å². The van der Waals surface area contributed by atoms with Gasteiger partial charge in [-0.1, -0.05) is 19.1 Å². The lowest BCUT2D eigenvalue weighted by atomic mass is 10.1. The van der Waals surface area contributed by atoms with Crippen molar-refractivity contribution in [3.05, 3.63) is 29.8 Å². The molecule has 0 heterocycles. The van der Waals surface area contributed by atoms with Crippen LogP contribution in [0.2, 0.25) is 0 Å². The van der Waals surface area contributed by atoms with E-state index in [1.165, 1.54) is 5.56 Å². The van der Waals surface area contributed by atoms with Crippen molar-refractivity contribution in [2.45, 2.75) is 13.8 Å². The molecule has 1 aromatic rings. The zero-order valence-electron chi connectivity index (χ0n) is 12.7. The molecule has 5 heteroatoms. The largest absolute Gasteiger partial charge is 0.492 e. The predicted octanol–water partition coefficient (Wildman–Crippen LogP) is 2.11. The molecule has 1 atom stereocenters. The van der Waals surface area contributed by atoms with Crippen LogP contribution in [0.1, 0.15) is 12.5 Å². The molecular formula is C15H25ClN2O2. The normalized spacial score (nSPS) is 11.4. The van der Waals surface area contributed by atoms with E-state index in [-0.39, 0.29) is 24.2 Å². The van der Waals surface area contributed by atoms with Crippen LogP contribution < -0.4 is 10.1 Å². The first-order valence-corrected chi connectivity index (χ1v) is 6.63. The lowest BCUT2D eigenvalue weighted by molar-refractivity contribution is -0.133. The summed E-state index contributed by atoms with van der Waals surface area (Å²) in [5.74, 6) is 0.986. The number of carbonyl (C=O) groups excluding carboxylic acids is 1. The molecule has 0 aliphatic carbocycles. The van der Waals surface area contributed by atoms with Gasteiger partial charge in [0.1, 0.15) is 12.4 Å². The standard InChI is InChI=1S/C15H24N2O2.ClH/c1-12-6-5-7-14(10-12)19-9-8-17(4)15(18)13(2)11-16-3;/h5-7,10,13,16H,8-9,11H2,1-4H3;1H. The van der Waals surface area contributed by atoms with E-state index < -0.39 is 0 Å². The Balaban J connectivity index is 0.00000361. The van der Waals surface area contributed by atoms with Gasteiger partial charge in [0.15, 0.2) is 0 Å². The Morgan fingerprint density at radius 3 is 2.75 bits per heavy atom. The van der Waals surface area contributed by atoms with Gasteiger partial charge in [0, 0.05) is 19.5 Å².